The van der Waals surface area contributed by atoms with Crippen LogP contribution < -0.4 is 0 Å². The zero-order chi connectivity index (χ0) is 15.0. The first-order chi connectivity index (χ1) is 10.0. The highest BCUT2D eigenvalue weighted by Gasteiger charge is 2.47. The molecule has 0 amide bonds. The van der Waals surface area contributed by atoms with Crippen LogP contribution in [0.5, 0.6) is 0 Å². The minimum absolute atomic E-state index is 0.0563. The molecule has 110 valence electrons. The molecule has 0 spiro atoms. The molecule has 1 aromatic heterocycles. The number of aromatic nitrogens is 3. The lowest BCUT2D eigenvalue weighted by atomic mass is 9.69. The van der Waals surface area contributed by atoms with E-state index in [2.05, 4.69) is 17.1 Å². The average molecular weight is 288 g/mol. The van der Waals surface area contributed by atoms with Gasteiger partial charge in [0.1, 0.15) is 12.2 Å². The van der Waals surface area contributed by atoms with Crippen molar-refractivity contribution in [3.05, 3.63) is 52.1 Å². The monoisotopic (exact) mass is 288 g/mol. The molecule has 1 aliphatic rings. The van der Waals surface area contributed by atoms with Gasteiger partial charge in [-0.05, 0) is 5.56 Å². The Morgan fingerprint density at radius 3 is 2.76 bits per heavy atom. The van der Waals surface area contributed by atoms with E-state index in [-0.39, 0.29) is 21.9 Å². The molecule has 1 saturated heterocycles. The molecule has 0 aliphatic carbocycles. The van der Waals surface area contributed by atoms with Crippen molar-refractivity contribution < 1.29 is 9.66 Å². The van der Waals surface area contributed by atoms with E-state index in [0.717, 1.165) is 11.4 Å². The summed E-state index contributed by atoms with van der Waals surface area (Å²) in [5.41, 5.74) is 0.731. The Kier molecular flexibility index (Phi) is 3.21. The second-order valence-electron chi connectivity index (χ2n) is 5.48. The van der Waals surface area contributed by atoms with E-state index >= 15 is 0 Å². The van der Waals surface area contributed by atoms with Gasteiger partial charge in [0.25, 0.3) is 5.69 Å². The van der Waals surface area contributed by atoms with Crippen molar-refractivity contribution >= 4 is 5.69 Å². The van der Waals surface area contributed by atoms with Gasteiger partial charge in [-0.2, -0.15) is 0 Å². The van der Waals surface area contributed by atoms with Gasteiger partial charge in [0.05, 0.1) is 23.6 Å². The molecule has 7 nitrogen and oxygen atoms in total. The van der Waals surface area contributed by atoms with Gasteiger partial charge < -0.3 is 9.30 Å². The quantitative estimate of drug-likeness (QED) is 0.632. The maximum Gasteiger partial charge on any atom is 0.269 e. The van der Waals surface area contributed by atoms with Crippen LogP contribution in [-0.4, -0.2) is 32.9 Å². The third-order valence-corrected chi connectivity index (χ3v) is 4.31. The van der Waals surface area contributed by atoms with Crippen LogP contribution in [0.2, 0.25) is 0 Å². The van der Waals surface area contributed by atoms with Crippen molar-refractivity contribution in [2.24, 2.45) is 7.05 Å². The summed E-state index contributed by atoms with van der Waals surface area (Å²) in [5, 5.41) is 19.1. The SMILES string of the molecule is CC(c1nncn1C)C1(c2cccc([N+](=O)[O-])c2)COC1. The number of nitro groups is 1. The lowest BCUT2D eigenvalue weighted by molar-refractivity contribution is -0.385. The zero-order valence-electron chi connectivity index (χ0n) is 11.9. The van der Waals surface area contributed by atoms with Gasteiger partial charge in [0.2, 0.25) is 0 Å². The smallest absolute Gasteiger partial charge is 0.269 e. The van der Waals surface area contributed by atoms with Crippen molar-refractivity contribution in [3.8, 4) is 0 Å². The molecule has 0 radical (unpaired) electrons. The normalized spacial score (nSPS) is 18.0. The predicted molar refractivity (Wildman–Crippen MR) is 75.0 cm³/mol. The largest absolute Gasteiger partial charge is 0.379 e. The highest BCUT2D eigenvalue weighted by molar-refractivity contribution is 5.41. The van der Waals surface area contributed by atoms with E-state index in [0.29, 0.717) is 13.2 Å². The molecule has 1 aliphatic heterocycles. The molecule has 1 fully saturated rings. The van der Waals surface area contributed by atoms with E-state index in [1.807, 2.05) is 17.7 Å². The van der Waals surface area contributed by atoms with Crippen molar-refractivity contribution in [1.29, 1.82) is 0 Å². The molecule has 21 heavy (non-hydrogen) atoms. The summed E-state index contributed by atoms with van der Waals surface area (Å²) in [6, 6.07) is 6.78. The number of hydrogen-bond acceptors (Lipinski definition) is 5. The highest BCUT2D eigenvalue weighted by Crippen LogP contribution is 2.44. The van der Waals surface area contributed by atoms with Crippen molar-refractivity contribution in [2.45, 2.75) is 18.3 Å². The summed E-state index contributed by atoms with van der Waals surface area (Å²) < 4.78 is 7.30. The topological polar surface area (TPSA) is 83.1 Å². The number of ether oxygens (including phenoxy) is 1. The first-order valence-electron chi connectivity index (χ1n) is 6.71. The van der Waals surface area contributed by atoms with Crippen LogP contribution in [-0.2, 0) is 17.2 Å². The number of aryl methyl sites for hydroxylation is 1. The number of nitro benzene ring substituents is 1. The van der Waals surface area contributed by atoms with Crippen LogP contribution in [0.3, 0.4) is 0 Å². The Labute approximate surface area is 121 Å². The summed E-state index contributed by atoms with van der Waals surface area (Å²) >= 11 is 0. The molecule has 7 heteroatoms. The van der Waals surface area contributed by atoms with Crippen LogP contribution >= 0.6 is 0 Å². The van der Waals surface area contributed by atoms with E-state index in [1.54, 1.807) is 18.5 Å². The van der Waals surface area contributed by atoms with Crippen molar-refractivity contribution in [2.75, 3.05) is 13.2 Å². The van der Waals surface area contributed by atoms with Crippen LogP contribution in [0, 0.1) is 10.1 Å². The van der Waals surface area contributed by atoms with Crippen LogP contribution in [0.25, 0.3) is 0 Å². The first-order valence-corrected chi connectivity index (χ1v) is 6.71. The van der Waals surface area contributed by atoms with Crippen LogP contribution in [0.4, 0.5) is 5.69 Å². The molecular weight excluding hydrogens is 272 g/mol. The fourth-order valence-corrected chi connectivity index (χ4v) is 2.85. The summed E-state index contributed by atoms with van der Waals surface area (Å²) in [5.74, 6) is 0.908. The van der Waals surface area contributed by atoms with Crippen molar-refractivity contribution in [3.63, 3.8) is 0 Å². The molecule has 2 aromatic rings. The van der Waals surface area contributed by atoms with Gasteiger partial charge in [-0.3, -0.25) is 10.1 Å². The van der Waals surface area contributed by atoms with E-state index in [9.17, 15) is 10.1 Å². The molecule has 1 aromatic carbocycles. The summed E-state index contributed by atoms with van der Waals surface area (Å²) in [4.78, 5) is 10.6. The maximum absolute atomic E-state index is 11.0. The Morgan fingerprint density at radius 1 is 1.48 bits per heavy atom. The minimum atomic E-state index is -0.371. The third kappa shape index (κ3) is 2.09. The Bertz CT molecular complexity index is 678. The van der Waals surface area contributed by atoms with Gasteiger partial charge in [0.15, 0.2) is 0 Å². The number of benzene rings is 1. The lowest BCUT2D eigenvalue weighted by Gasteiger charge is -2.45. The number of non-ortho nitro benzene ring substituents is 1. The van der Waals surface area contributed by atoms with E-state index in [1.165, 1.54) is 6.07 Å². The molecule has 2 heterocycles. The fourth-order valence-electron chi connectivity index (χ4n) is 2.85. The van der Waals surface area contributed by atoms with Crippen LogP contribution in [0.15, 0.2) is 30.6 Å². The Morgan fingerprint density at radius 2 is 2.24 bits per heavy atom. The van der Waals surface area contributed by atoms with Gasteiger partial charge in [-0.25, -0.2) is 0 Å². The number of hydrogen-bond donors (Lipinski definition) is 0. The Hall–Kier alpha value is -2.28. The van der Waals surface area contributed by atoms with Gasteiger partial charge in [-0.1, -0.05) is 19.1 Å². The molecule has 3 rings (SSSR count). The molecule has 1 unspecified atom stereocenters. The summed E-state index contributed by atoms with van der Waals surface area (Å²) in [6.45, 7) is 3.12. The first kappa shape index (κ1) is 13.7. The van der Waals surface area contributed by atoms with Crippen molar-refractivity contribution in [1.82, 2.24) is 14.8 Å². The fraction of sp³-hybridized carbons (Fsp3) is 0.429. The van der Waals surface area contributed by atoms with Gasteiger partial charge in [0, 0.05) is 25.1 Å². The van der Waals surface area contributed by atoms with Crippen LogP contribution in [0.1, 0.15) is 24.2 Å². The van der Waals surface area contributed by atoms with Gasteiger partial charge >= 0.3 is 0 Å². The highest BCUT2D eigenvalue weighted by atomic mass is 16.6. The van der Waals surface area contributed by atoms with E-state index < -0.39 is 0 Å². The second-order valence-corrected chi connectivity index (χ2v) is 5.48. The Balaban J connectivity index is 2.03. The number of nitrogens with zero attached hydrogens (tertiary/aromatic N) is 4. The average Bonchev–Trinajstić information content (AvgIpc) is 2.84. The molecule has 0 bridgehead atoms. The number of rotatable bonds is 4. The van der Waals surface area contributed by atoms with E-state index in [4.69, 9.17) is 4.74 Å². The molecular formula is C14H16N4O3. The zero-order valence-corrected chi connectivity index (χ0v) is 11.9. The van der Waals surface area contributed by atoms with Gasteiger partial charge in [-0.15, -0.1) is 10.2 Å². The molecule has 0 saturated carbocycles. The minimum Gasteiger partial charge on any atom is -0.379 e. The summed E-state index contributed by atoms with van der Waals surface area (Å²) in [6.07, 6.45) is 1.66. The molecule has 0 N–H and O–H groups in total. The third-order valence-electron chi connectivity index (χ3n) is 4.31. The predicted octanol–water partition coefficient (Wildman–Crippen LogP) is 1.79. The molecule has 1 atom stereocenters. The second kappa shape index (κ2) is 4.92. The summed E-state index contributed by atoms with van der Waals surface area (Å²) in [7, 11) is 1.90. The maximum atomic E-state index is 11.0. The standard InChI is InChI=1S/C14H16N4O3/c1-10(13-16-15-9-17(13)2)14(7-21-8-14)11-4-3-5-12(6-11)18(19)20/h3-6,9-10H,7-8H2,1-2H3. The lowest BCUT2D eigenvalue weighted by Crippen LogP contribution is -2.51.